The first-order valence-electron chi connectivity index (χ1n) is 9.94. The summed E-state index contributed by atoms with van der Waals surface area (Å²) < 4.78 is 45.4. The molecule has 0 spiro atoms. The zero-order valence-electron chi connectivity index (χ0n) is 17.0. The lowest BCUT2D eigenvalue weighted by atomic mass is 10.2. The van der Waals surface area contributed by atoms with Crippen LogP contribution in [0.1, 0.15) is 12.8 Å². The summed E-state index contributed by atoms with van der Waals surface area (Å²) in [5.41, 5.74) is 5.24. The number of primary amides is 1. The highest BCUT2D eigenvalue weighted by molar-refractivity contribution is 5.93. The number of hydrogen-bond acceptors (Lipinski definition) is 5. The molecule has 0 radical (unpaired) electrons. The number of likely N-dealkylation sites (tertiary alicyclic amines) is 1. The number of carbonyl (C=O) groups is 2. The highest BCUT2D eigenvalue weighted by Crippen LogP contribution is 2.25. The molecule has 3 N–H and O–H groups in total. The van der Waals surface area contributed by atoms with Crippen LogP contribution in [0.2, 0.25) is 0 Å². The zero-order chi connectivity index (χ0) is 23.3. The molecule has 2 atom stereocenters. The van der Waals surface area contributed by atoms with Gasteiger partial charge in [-0.05, 0) is 31.0 Å². The zero-order valence-corrected chi connectivity index (χ0v) is 17.0. The third-order valence-electron chi connectivity index (χ3n) is 5.18. The van der Waals surface area contributed by atoms with E-state index in [9.17, 15) is 27.6 Å². The molecule has 32 heavy (non-hydrogen) atoms. The van der Waals surface area contributed by atoms with Crippen molar-refractivity contribution in [3.8, 4) is 5.69 Å². The van der Waals surface area contributed by atoms with Gasteiger partial charge in [0.2, 0.25) is 11.8 Å². The van der Waals surface area contributed by atoms with Crippen LogP contribution in [0.3, 0.4) is 0 Å². The Hall–Kier alpha value is -3.18. The molecule has 2 heterocycles. The number of ether oxygens (including phenoxy) is 1. The Bertz CT molecular complexity index is 1030. The molecule has 2 aromatic rings. The van der Waals surface area contributed by atoms with Gasteiger partial charge in [-0.1, -0.05) is 6.07 Å². The van der Waals surface area contributed by atoms with Crippen molar-refractivity contribution < 1.29 is 27.5 Å². The monoisotopic (exact) mass is 452 g/mol. The standard InChI is InChI=1S/C21H23F3N4O4/c22-15-9-13(27-8-2-1-3-20(27)30)4-6-16(15)26-19(29)10-28-14(11-32-12-18(23)24)5-7-17(28)21(25)31/h1-4,6,8-9,14,17-18H,5,7,10-12H2,(H2,25,31)(H,26,29)/t14-,17?/m0/s1. The van der Waals surface area contributed by atoms with Gasteiger partial charge in [-0.15, -0.1) is 0 Å². The van der Waals surface area contributed by atoms with Crippen LogP contribution in [0, 0.1) is 5.82 Å². The first-order valence-corrected chi connectivity index (χ1v) is 9.94. The van der Waals surface area contributed by atoms with Crippen LogP contribution in [0.25, 0.3) is 5.69 Å². The second kappa shape index (κ2) is 10.4. The average molecular weight is 452 g/mol. The molecule has 3 rings (SSSR count). The number of hydrogen-bond donors (Lipinski definition) is 2. The summed E-state index contributed by atoms with van der Waals surface area (Å²) in [5, 5.41) is 2.43. The Kier molecular flexibility index (Phi) is 7.65. The summed E-state index contributed by atoms with van der Waals surface area (Å²) in [7, 11) is 0. The number of rotatable bonds is 9. The van der Waals surface area contributed by atoms with Crippen LogP contribution in [-0.2, 0) is 14.3 Å². The number of carbonyl (C=O) groups excluding carboxylic acids is 2. The van der Waals surface area contributed by atoms with Crippen molar-refractivity contribution in [2.75, 3.05) is 25.1 Å². The maximum absolute atomic E-state index is 14.6. The van der Waals surface area contributed by atoms with Crippen molar-refractivity contribution in [3.63, 3.8) is 0 Å². The lowest BCUT2D eigenvalue weighted by molar-refractivity contribution is -0.125. The molecule has 1 aliphatic rings. The topological polar surface area (TPSA) is 107 Å². The van der Waals surface area contributed by atoms with Gasteiger partial charge in [0.15, 0.2) is 0 Å². The Morgan fingerprint density at radius 3 is 2.66 bits per heavy atom. The fraction of sp³-hybridized carbons (Fsp3) is 0.381. The number of nitrogens with one attached hydrogen (secondary N) is 1. The van der Waals surface area contributed by atoms with Crippen LogP contribution in [-0.4, -0.2) is 59.5 Å². The molecule has 1 aromatic heterocycles. The maximum atomic E-state index is 14.6. The van der Waals surface area contributed by atoms with Gasteiger partial charge in [0.1, 0.15) is 12.4 Å². The van der Waals surface area contributed by atoms with E-state index < -0.39 is 42.7 Å². The molecule has 1 aromatic carbocycles. The lowest BCUT2D eigenvalue weighted by Crippen LogP contribution is -2.48. The molecule has 1 unspecified atom stereocenters. The molecular weight excluding hydrogens is 429 g/mol. The number of halogens is 3. The van der Waals surface area contributed by atoms with Crippen molar-refractivity contribution in [1.29, 1.82) is 0 Å². The van der Waals surface area contributed by atoms with Crippen LogP contribution >= 0.6 is 0 Å². The molecule has 2 amide bonds. The molecule has 0 aliphatic carbocycles. The van der Waals surface area contributed by atoms with E-state index >= 15 is 0 Å². The van der Waals surface area contributed by atoms with E-state index in [1.807, 2.05) is 0 Å². The second-order valence-corrected chi connectivity index (χ2v) is 7.37. The summed E-state index contributed by atoms with van der Waals surface area (Å²) in [6.45, 7) is -1.13. The third kappa shape index (κ3) is 5.74. The van der Waals surface area contributed by atoms with Gasteiger partial charge < -0.3 is 15.8 Å². The predicted molar refractivity (Wildman–Crippen MR) is 110 cm³/mol. The third-order valence-corrected chi connectivity index (χ3v) is 5.18. The van der Waals surface area contributed by atoms with Crippen molar-refractivity contribution in [2.45, 2.75) is 31.4 Å². The number of alkyl halides is 2. The molecule has 0 saturated carbocycles. The van der Waals surface area contributed by atoms with Gasteiger partial charge in [0.05, 0.1) is 30.6 Å². The molecule has 8 nitrogen and oxygen atoms in total. The molecule has 1 aliphatic heterocycles. The minimum atomic E-state index is -2.63. The van der Waals surface area contributed by atoms with E-state index in [4.69, 9.17) is 10.5 Å². The molecule has 172 valence electrons. The smallest absolute Gasteiger partial charge is 0.261 e. The van der Waals surface area contributed by atoms with Crippen molar-refractivity contribution in [2.24, 2.45) is 5.73 Å². The number of anilines is 1. The van der Waals surface area contributed by atoms with Crippen LogP contribution in [0.5, 0.6) is 0 Å². The average Bonchev–Trinajstić information content (AvgIpc) is 3.12. The quantitative estimate of drug-likeness (QED) is 0.600. The van der Waals surface area contributed by atoms with Crippen molar-refractivity contribution >= 4 is 17.5 Å². The minimum absolute atomic E-state index is 0.0870. The Morgan fingerprint density at radius 1 is 1.22 bits per heavy atom. The second-order valence-electron chi connectivity index (χ2n) is 7.37. The van der Waals surface area contributed by atoms with E-state index in [1.54, 1.807) is 12.1 Å². The summed E-state index contributed by atoms with van der Waals surface area (Å²) in [5.74, 6) is -2.00. The minimum Gasteiger partial charge on any atom is -0.374 e. The molecular formula is C21H23F3N4O4. The Balaban J connectivity index is 1.68. The predicted octanol–water partition coefficient (Wildman–Crippen LogP) is 1.52. The van der Waals surface area contributed by atoms with Gasteiger partial charge in [-0.2, -0.15) is 0 Å². The van der Waals surface area contributed by atoms with Crippen LogP contribution in [0.15, 0.2) is 47.4 Å². The first-order chi connectivity index (χ1) is 15.3. The highest BCUT2D eigenvalue weighted by atomic mass is 19.3. The maximum Gasteiger partial charge on any atom is 0.261 e. The number of amides is 2. The summed E-state index contributed by atoms with van der Waals surface area (Å²) in [6.07, 6.45) is -0.333. The highest BCUT2D eigenvalue weighted by Gasteiger charge is 2.38. The number of aromatic nitrogens is 1. The van der Waals surface area contributed by atoms with E-state index in [0.29, 0.717) is 12.8 Å². The van der Waals surface area contributed by atoms with Gasteiger partial charge in [0, 0.05) is 24.4 Å². The lowest BCUT2D eigenvalue weighted by Gasteiger charge is -2.27. The van der Waals surface area contributed by atoms with Crippen molar-refractivity contribution in [3.05, 3.63) is 58.8 Å². The Labute approximate surface area is 181 Å². The summed E-state index contributed by atoms with van der Waals surface area (Å²) >= 11 is 0. The number of nitrogens with two attached hydrogens (primary N) is 1. The van der Waals surface area contributed by atoms with Gasteiger partial charge in [-0.3, -0.25) is 23.9 Å². The van der Waals surface area contributed by atoms with E-state index in [-0.39, 0.29) is 30.1 Å². The number of pyridine rings is 1. The van der Waals surface area contributed by atoms with Gasteiger partial charge in [-0.25, -0.2) is 13.2 Å². The van der Waals surface area contributed by atoms with E-state index in [1.165, 1.54) is 33.9 Å². The number of benzene rings is 1. The molecule has 1 saturated heterocycles. The van der Waals surface area contributed by atoms with Crippen LogP contribution in [0.4, 0.5) is 18.9 Å². The van der Waals surface area contributed by atoms with E-state index in [2.05, 4.69) is 5.32 Å². The molecule has 1 fully saturated rings. The van der Waals surface area contributed by atoms with E-state index in [0.717, 1.165) is 6.07 Å². The summed E-state index contributed by atoms with van der Waals surface area (Å²) in [6, 6.07) is 7.23. The largest absolute Gasteiger partial charge is 0.374 e. The fourth-order valence-electron chi connectivity index (χ4n) is 3.71. The normalized spacial score (nSPS) is 18.8. The fourth-order valence-corrected chi connectivity index (χ4v) is 3.71. The Morgan fingerprint density at radius 2 is 2.00 bits per heavy atom. The number of nitrogens with zero attached hydrogens (tertiary/aromatic N) is 2. The van der Waals surface area contributed by atoms with Gasteiger partial charge in [0.25, 0.3) is 12.0 Å². The molecule has 0 bridgehead atoms. The first kappa shape index (κ1) is 23.5. The SMILES string of the molecule is NC(=O)C1CC[C@@H](COCC(F)F)N1CC(=O)Nc1ccc(-n2ccccc2=O)cc1F. The summed E-state index contributed by atoms with van der Waals surface area (Å²) in [4.78, 5) is 37.6. The van der Waals surface area contributed by atoms with Crippen LogP contribution < -0.4 is 16.6 Å². The van der Waals surface area contributed by atoms with Gasteiger partial charge >= 0.3 is 0 Å². The molecule has 11 heteroatoms. The van der Waals surface area contributed by atoms with Crippen molar-refractivity contribution in [1.82, 2.24) is 9.47 Å².